The Bertz CT molecular complexity index is 597. The van der Waals surface area contributed by atoms with E-state index in [1.54, 1.807) is 0 Å². The molecule has 0 atom stereocenters. The van der Waals surface area contributed by atoms with Crippen molar-refractivity contribution in [2.45, 2.75) is 27.3 Å². The van der Waals surface area contributed by atoms with E-state index in [9.17, 15) is 8.42 Å². The number of guanidine groups is 1. The van der Waals surface area contributed by atoms with Crippen molar-refractivity contribution < 1.29 is 17.6 Å². The van der Waals surface area contributed by atoms with E-state index < -0.39 is 9.84 Å². The SMILES string of the molecule is CCNC(=NCc1nc(C)c(C)o1)NCCOCCS(C)(=O)=O.I. The van der Waals surface area contributed by atoms with Crippen molar-refractivity contribution in [2.75, 3.05) is 38.3 Å². The lowest BCUT2D eigenvalue weighted by Gasteiger charge is -2.11. The fourth-order valence-corrected chi connectivity index (χ4v) is 2.07. The first-order valence-electron chi connectivity index (χ1n) is 7.52. The van der Waals surface area contributed by atoms with E-state index in [1.165, 1.54) is 6.26 Å². The van der Waals surface area contributed by atoms with Gasteiger partial charge in [-0.25, -0.2) is 18.4 Å². The normalized spacial score (nSPS) is 11.9. The second kappa shape index (κ2) is 11.6. The van der Waals surface area contributed by atoms with Gasteiger partial charge in [-0.1, -0.05) is 0 Å². The van der Waals surface area contributed by atoms with Crippen LogP contribution in [0.15, 0.2) is 9.41 Å². The zero-order valence-electron chi connectivity index (χ0n) is 14.6. The molecule has 0 aliphatic heterocycles. The molecular formula is C14H27IN4O4S. The third-order valence-electron chi connectivity index (χ3n) is 2.93. The highest BCUT2D eigenvalue weighted by atomic mass is 127. The molecule has 0 spiro atoms. The molecule has 0 aromatic carbocycles. The van der Waals surface area contributed by atoms with Gasteiger partial charge in [0.15, 0.2) is 5.96 Å². The van der Waals surface area contributed by atoms with Crippen molar-refractivity contribution in [1.29, 1.82) is 0 Å². The van der Waals surface area contributed by atoms with Crippen molar-refractivity contribution in [3.63, 3.8) is 0 Å². The minimum Gasteiger partial charge on any atom is -0.444 e. The maximum absolute atomic E-state index is 11.0. The Morgan fingerprint density at radius 3 is 2.54 bits per heavy atom. The Kier molecular flexibility index (Phi) is 11.2. The van der Waals surface area contributed by atoms with Gasteiger partial charge in [-0.05, 0) is 20.8 Å². The molecule has 0 fully saturated rings. The zero-order valence-corrected chi connectivity index (χ0v) is 17.7. The lowest BCUT2D eigenvalue weighted by atomic mass is 10.4. The van der Waals surface area contributed by atoms with Crippen LogP contribution in [0.1, 0.15) is 24.3 Å². The highest BCUT2D eigenvalue weighted by Gasteiger charge is 2.05. The minimum absolute atomic E-state index is 0. The Morgan fingerprint density at radius 1 is 1.29 bits per heavy atom. The Hall–Kier alpha value is -0.880. The van der Waals surface area contributed by atoms with Crippen LogP contribution in [0.25, 0.3) is 0 Å². The van der Waals surface area contributed by atoms with Crippen LogP contribution in [0, 0.1) is 13.8 Å². The molecule has 24 heavy (non-hydrogen) atoms. The molecule has 0 saturated heterocycles. The molecule has 0 radical (unpaired) electrons. The zero-order chi connectivity index (χ0) is 17.3. The molecular weight excluding hydrogens is 447 g/mol. The summed E-state index contributed by atoms with van der Waals surface area (Å²) in [6.45, 7) is 7.93. The number of ether oxygens (including phenoxy) is 1. The van der Waals surface area contributed by atoms with E-state index in [-0.39, 0.29) is 36.3 Å². The Labute approximate surface area is 160 Å². The summed E-state index contributed by atoms with van der Waals surface area (Å²) in [5.41, 5.74) is 0.868. The number of aryl methyl sites for hydroxylation is 2. The summed E-state index contributed by atoms with van der Waals surface area (Å²) in [4.78, 5) is 8.66. The van der Waals surface area contributed by atoms with Gasteiger partial charge in [0.2, 0.25) is 5.89 Å². The van der Waals surface area contributed by atoms with Crippen molar-refractivity contribution in [3.8, 4) is 0 Å². The summed E-state index contributed by atoms with van der Waals surface area (Å²) in [5, 5.41) is 6.21. The topological polar surface area (TPSA) is 106 Å². The molecule has 0 unspecified atom stereocenters. The minimum atomic E-state index is -2.98. The van der Waals surface area contributed by atoms with Gasteiger partial charge in [-0.3, -0.25) is 0 Å². The van der Waals surface area contributed by atoms with Crippen molar-refractivity contribution >= 4 is 39.8 Å². The van der Waals surface area contributed by atoms with Crippen LogP contribution >= 0.6 is 24.0 Å². The predicted octanol–water partition coefficient (Wildman–Crippen LogP) is 1.03. The lowest BCUT2D eigenvalue weighted by molar-refractivity contribution is 0.154. The lowest BCUT2D eigenvalue weighted by Crippen LogP contribution is -2.39. The molecule has 10 heteroatoms. The number of aliphatic imine (C=N–C) groups is 1. The van der Waals surface area contributed by atoms with Crippen LogP contribution in [0.3, 0.4) is 0 Å². The largest absolute Gasteiger partial charge is 0.444 e. The van der Waals surface area contributed by atoms with Crippen molar-refractivity contribution in [1.82, 2.24) is 15.6 Å². The Morgan fingerprint density at radius 2 is 2.00 bits per heavy atom. The first-order chi connectivity index (χ1) is 10.8. The van der Waals surface area contributed by atoms with Crippen molar-refractivity contribution in [3.05, 3.63) is 17.3 Å². The van der Waals surface area contributed by atoms with Crippen LogP contribution in [0.5, 0.6) is 0 Å². The number of nitrogens with zero attached hydrogens (tertiary/aromatic N) is 2. The standard InChI is InChI=1S/C14H26N4O4S.HI/c1-5-15-14(16-6-7-21-8-9-23(4,19)20)17-10-13-18-11(2)12(3)22-13;/h5-10H2,1-4H3,(H2,15,16,17);1H. The summed E-state index contributed by atoms with van der Waals surface area (Å²) in [7, 11) is -2.98. The third-order valence-corrected chi connectivity index (χ3v) is 3.84. The maximum Gasteiger partial charge on any atom is 0.216 e. The van der Waals surface area contributed by atoms with Gasteiger partial charge in [-0.2, -0.15) is 0 Å². The van der Waals surface area contributed by atoms with Gasteiger partial charge in [0.05, 0.1) is 24.7 Å². The van der Waals surface area contributed by atoms with Gasteiger partial charge >= 0.3 is 0 Å². The molecule has 2 N–H and O–H groups in total. The number of nitrogens with one attached hydrogen (secondary N) is 2. The first-order valence-corrected chi connectivity index (χ1v) is 9.58. The summed E-state index contributed by atoms with van der Waals surface area (Å²) in [6.07, 6.45) is 1.19. The maximum atomic E-state index is 11.0. The number of hydrogen-bond acceptors (Lipinski definition) is 6. The summed E-state index contributed by atoms with van der Waals surface area (Å²) in [5.74, 6) is 2.03. The van der Waals surface area contributed by atoms with E-state index in [0.29, 0.717) is 31.5 Å². The average Bonchev–Trinajstić information content (AvgIpc) is 2.77. The number of halogens is 1. The highest BCUT2D eigenvalue weighted by Crippen LogP contribution is 2.08. The summed E-state index contributed by atoms with van der Waals surface area (Å²) >= 11 is 0. The molecule has 0 amide bonds. The highest BCUT2D eigenvalue weighted by molar-refractivity contribution is 14.0. The fraction of sp³-hybridized carbons (Fsp3) is 0.714. The molecule has 140 valence electrons. The molecule has 0 aliphatic rings. The molecule has 0 bridgehead atoms. The van der Waals surface area contributed by atoms with Crippen LogP contribution in [-0.2, 0) is 21.1 Å². The molecule has 1 rings (SSSR count). The second-order valence-corrected chi connectivity index (χ2v) is 7.37. The van der Waals surface area contributed by atoms with Crippen LogP contribution < -0.4 is 10.6 Å². The average molecular weight is 474 g/mol. The number of sulfone groups is 1. The summed E-state index contributed by atoms with van der Waals surface area (Å²) in [6, 6.07) is 0. The van der Waals surface area contributed by atoms with E-state index >= 15 is 0 Å². The fourth-order valence-electron chi connectivity index (χ4n) is 1.65. The molecule has 1 heterocycles. The predicted molar refractivity (Wildman–Crippen MR) is 105 cm³/mol. The van der Waals surface area contributed by atoms with Gasteiger partial charge in [-0.15, -0.1) is 24.0 Å². The van der Waals surface area contributed by atoms with E-state index in [1.807, 2.05) is 20.8 Å². The number of oxazole rings is 1. The second-order valence-electron chi connectivity index (χ2n) is 5.11. The molecule has 1 aromatic rings. The van der Waals surface area contributed by atoms with E-state index in [2.05, 4.69) is 20.6 Å². The number of hydrogen-bond donors (Lipinski definition) is 2. The smallest absolute Gasteiger partial charge is 0.216 e. The molecule has 0 aliphatic carbocycles. The summed E-state index contributed by atoms with van der Waals surface area (Å²) < 4.78 is 32.7. The number of aromatic nitrogens is 1. The van der Waals surface area contributed by atoms with Gasteiger partial charge in [0.1, 0.15) is 22.1 Å². The van der Waals surface area contributed by atoms with Crippen molar-refractivity contribution in [2.24, 2.45) is 4.99 Å². The van der Waals surface area contributed by atoms with E-state index in [0.717, 1.165) is 18.0 Å². The quantitative estimate of drug-likeness (QED) is 0.238. The third kappa shape index (κ3) is 10.1. The van der Waals surface area contributed by atoms with Gasteiger partial charge < -0.3 is 19.8 Å². The number of rotatable bonds is 9. The monoisotopic (exact) mass is 474 g/mol. The Balaban J connectivity index is 0.00000529. The molecule has 8 nitrogen and oxygen atoms in total. The van der Waals surface area contributed by atoms with E-state index in [4.69, 9.17) is 9.15 Å². The molecule has 1 aromatic heterocycles. The molecule has 0 saturated carbocycles. The first kappa shape index (κ1) is 23.1. The van der Waals surface area contributed by atoms with Gasteiger partial charge in [0.25, 0.3) is 0 Å². The van der Waals surface area contributed by atoms with Gasteiger partial charge in [0, 0.05) is 19.3 Å². The van der Waals surface area contributed by atoms with Crippen LogP contribution in [-0.4, -0.2) is 57.7 Å². The van der Waals surface area contributed by atoms with Crippen LogP contribution in [0.2, 0.25) is 0 Å². The van der Waals surface area contributed by atoms with Crippen LogP contribution in [0.4, 0.5) is 0 Å².